The van der Waals surface area contributed by atoms with Crippen molar-refractivity contribution in [2.75, 3.05) is 19.7 Å². The van der Waals surface area contributed by atoms with E-state index >= 15 is 0 Å². The van der Waals surface area contributed by atoms with Crippen molar-refractivity contribution in [3.63, 3.8) is 0 Å². The summed E-state index contributed by atoms with van der Waals surface area (Å²) >= 11 is 0. The molecule has 1 aromatic carbocycles. The highest BCUT2D eigenvalue weighted by Crippen LogP contribution is 2.49. The fraction of sp³-hybridized carbons (Fsp3) is 0.647. The topological polar surface area (TPSA) is 66.8 Å². The number of rotatable bonds is 5. The second kappa shape index (κ2) is 6.42. The maximum atomic E-state index is 12.7. The number of aliphatic hydroxyl groups excluding tert-OH is 1. The Bertz CT molecular complexity index is 633. The molecule has 6 heteroatoms. The van der Waals surface area contributed by atoms with Gasteiger partial charge < -0.3 is 9.84 Å². The second-order valence-electron chi connectivity index (χ2n) is 6.64. The van der Waals surface area contributed by atoms with Gasteiger partial charge in [0.1, 0.15) is 5.75 Å². The van der Waals surface area contributed by atoms with Crippen molar-refractivity contribution in [2.45, 2.75) is 50.0 Å². The Morgan fingerprint density at radius 3 is 2.35 bits per heavy atom. The van der Waals surface area contributed by atoms with E-state index in [1.54, 1.807) is 28.6 Å². The summed E-state index contributed by atoms with van der Waals surface area (Å²) in [4.78, 5) is 0.312. The summed E-state index contributed by atoms with van der Waals surface area (Å²) in [5, 5.41) is 9.95. The first-order chi connectivity index (χ1) is 11.0. The summed E-state index contributed by atoms with van der Waals surface area (Å²) in [6.45, 7) is 3.64. The van der Waals surface area contributed by atoms with Crippen LogP contribution in [0.25, 0.3) is 0 Å². The first-order valence-corrected chi connectivity index (χ1v) is 9.83. The molecule has 0 amide bonds. The Morgan fingerprint density at radius 2 is 1.87 bits per heavy atom. The lowest BCUT2D eigenvalue weighted by Crippen LogP contribution is -2.53. The third-order valence-electron chi connectivity index (χ3n) is 5.28. The van der Waals surface area contributed by atoms with Crippen LogP contribution in [0.2, 0.25) is 0 Å². The van der Waals surface area contributed by atoms with Crippen molar-refractivity contribution in [1.82, 2.24) is 4.31 Å². The molecule has 1 saturated carbocycles. The van der Waals surface area contributed by atoms with E-state index in [-0.39, 0.29) is 11.5 Å². The van der Waals surface area contributed by atoms with Crippen LogP contribution in [0, 0.1) is 5.41 Å². The molecule has 0 bridgehead atoms. The number of sulfonamides is 1. The van der Waals surface area contributed by atoms with Gasteiger partial charge in [-0.15, -0.1) is 0 Å². The van der Waals surface area contributed by atoms with E-state index in [2.05, 4.69) is 0 Å². The van der Waals surface area contributed by atoms with Gasteiger partial charge in [0.2, 0.25) is 10.0 Å². The van der Waals surface area contributed by atoms with Gasteiger partial charge in [-0.05, 0) is 61.8 Å². The fourth-order valence-corrected chi connectivity index (χ4v) is 4.96. The molecule has 1 unspecified atom stereocenters. The van der Waals surface area contributed by atoms with E-state index in [4.69, 9.17) is 4.74 Å². The zero-order valence-corrected chi connectivity index (χ0v) is 14.4. The van der Waals surface area contributed by atoms with Gasteiger partial charge in [0.15, 0.2) is 0 Å². The molecule has 1 N–H and O–H groups in total. The summed E-state index contributed by atoms with van der Waals surface area (Å²) in [7, 11) is -3.45. The molecule has 1 atom stereocenters. The van der Waals surface area contributed by atoms with Crippen LogP contribution in [0.15, 0.2) is 29.2 Å². The molecule has 23 heavy (non-hydrogen) atoms. The van der Waals surface area contributed by atoms with Gasteiger partial charge in [-0.25, -0.2) is 8.42 Å². The third-order valence-corrected chi connectivity index (χ3v) is 7.19. The van der Waals surface area contributed by atoms with E-state index < -0.39 is 10.0 Å². The minimum atomic E-state index is -3.45. The Balaban J connectivity index is 1.67. The van der Waals surface area contributed by atoms with Crippen LogP contribution in [0.4, 0.5) is 0 Å². The largest absolute Gasteiger partial charge is 0.494 e. The van der Waals surface area contributed by atoms with E-state index in [9.17, 15) is 13.5 Å². The highest BCUT2D eigenvalue weighted by molar-refractivity contribution is 7.89. The first kappa shape index (κ1) is 16.7. The predicted octanol–water partition coefficient (Wildman–Crippen LogP) is 2.40. The van der Waals surface area contributed by atoms with Gasteiger partial charge in [0, 0.05) is 13.1 Å². The van der Waals surface area contributed by atoms with Crippen molar-refractivity contribution < 1.29 is 18.3 Å². The van der Waals surface area contributed by atoms with Gasteiger partial charge >= 0.3 is 0 Å². The minimum Gasteiger partial charge on any atom is -0.494 e. The van der Waals surface area contributed by atoms with Crippen LogP contribution >= 0.6 is 0 Å². The number of benzene rings is 1. The molecule has 2 aliphatic rings. The molecule has 2 fully saturated rings. The monoisotopic (exact) mass is 339 g/mol. The van der Waals surface area contributed by atoms with Crippen molar-refractivity contribution in [3.05, 3.63) is 24.3 Å². The maximum absolute atomic E-state index is 12.7. The molecule has 1 saturated heterocycles. The lowest BCUT2D eigenvalue weighted by Gasteiger charge is -2.51. The molecule has 1 aliphatic heterocycles. The number of hydrogen-bond acceptors (Lipinski definition) is 4. The van der Waals surface area contributed by atoms with Crippen LogP contribution in [-0.2, 0) is 10.0 Å². The molecule has 0 radical (unpaired) electrons. The number of ether oxygens (including phenoxy) is 1. The Morgan fingerprint density at radius 1 is 1.22 bits per heavy atom. The highest BCUT2D eigenvalue weighted by atomic mass is 32.2. The average Bonchev–Trinajstić information content (AvgIpc) is 2.59. The van der Waals surface area contributed by atoms with Gasteiger partial charge in [0.05, 0.1) is 17.6 Å². The lowest BCUT2D eigenvalue weighted by molar-refractivity contribution is -0.0911. The van der Waals surface area contributed by atoms with Crippen LogP contribution in [0.3, 0.4) is 0 Å². The van der Waals surface area contributed by atoms with Crippen molar-refractivity contribution in [1.29, 1.82) is 0 Å². The molecule has 128 valence electrons. The number of aliphatic hydroxyl groups is 1. The molecule has 5 nitrogen and oxygen atoms in total. The Kier molecular flexibility index (Phi) is 4.67. The smallest absolute Gasteiger partial charge is 0.243 e. The van der Waals surface area contributed by atoms with E-state index in [1.807, 2.05) is 6.92 Å². The average molecular weight is 339 g/mol. The zero-order valence-electron chi connectivity index (χ0n) is 13.6. The summed E-state index contributed by atoms with van der Waals surface area (Å²) in [6.07, 6.45) is 4.05. The molecule has 1 spiro atoms. The molecule has 1 heterocycles. The van der Waals surface area contributed by atoms with Crippen LogP contribution < -0.4 is 4.74 Å². The molecule has 1 aromatic rings. The summed E-state index contributed by atoms with van der Waals surface area (Å²) in [5.74, 6) is 0.695. The quantitative estimate of drug-likeness (QED) is 0.894. The molecular weight excluding hydrogens is 314 g/mol. The van der Waals surface area contributed by atoms with Gasteiger partial charge in [-0.2, -0.15) is 4.31 Å². The van der Waals surface area contributed by atoms with Crippen LogP contribution in [-0.4, -0.2) is 43.6 Å². The number of hydrogen-bond donors (Lipinski definition) is 1. The molecule has 3 rings (SSSR count). The maximum Gasteiger partial charge on any atom is 0.243 e. The van der Waals surface area contributed by atoms with Crippen molar-refractivity contribution >= 4 is 10.0 Å². The van der Waals surface area contributed by atoms with Crippen LogP contribution in [0.1, 0.15) is 39.0 Å². The standard InChI is InChI=1S/C17H25NO4S/c1-2-13-22-14-3-5-15(6-4-14)23(20,21)18-11-9-17(10-12-18)8-7-16(17)19/h3-6,16,19H,2,7-13H2,1H3. The number of nitrogens with zero attached hydrogens (tertiary/aromatic N) is 1. The van der Waals surface area contributed by atoms with Crippen molar-refractivity contribution in [3.8, 4) is 5.75 Å². The predicted molar refractivity (Wildman–Crippen MR) is 87.9 cm³/mol. The van der Waals surface area contributed by atoms with Gasteiger partial charge in [0.25, 0.3) is 0 Å². The lowest BCUT2D eigenvalue weighted by atomic mass is 9.61. The van der Waals surface area contributed by atoms with Crippen molar-refractivity contribution in [2.24, 2.45) is 5.41 Å². The number of piperidine rings is 1. The Hall–Kier alpha value is -1.11. The first-order valence-electron chi connectivity index (χ1n) is 8.39. The molecular formula is C17H25NO4S. The molecule has 1 aliphatic carbocycles. The Labute approximate surface area is 138 Å². The fourth-order valence-electron chi connectivity index (χ4n) is 3.51. The van der Waals surface area contributed by atoms with E-state index in [1.165, 1.54) is 0 Å². The normalized spacial score (nSPS) is 24.3. The van der Waals surface area contributed by atoms with Gasteiger partial charge in [-0.3, -0.25) is 0 Å². The summed E-state index contributed by atoms with van der Waals surface area (Å²) < 4.78 is 32.5. The SMILES string of the molecule is CCCOc1ccc(S(=O)(=O)N2CCC3(CCC3O)CC2)cc1. The zero-order chi connectivity index (χ0) is 16.5. The summed E-state index contributed by atoms with van der Waals surface area (Å²) in [6, 6.07) is 6.65. The van der Waals surface area contributed by atoms with E-state index in [0.29, 0.717) is 30.3 Å². The summed E-state index contributed by atoms with van der Waals surface area (Å²) in [5.41, 5.74) is -0.0239. The minimum absolute atomic E-state index is 0.0239. The van der Waals surface area contributed by atoms with Gasteiger partial charge in [-0.1, -0.05) is 6.92 Å². The second-order valence-corrected chi connectivity index (χ2v) is 8.58. The van der Waals surface area contributed by atoms with Crippen LogP contribution in [0.5, 0.6) is 5.75 Å². The third kappa shape index (κ3) is 3.12. The van der Waals surface area contributed by atoms with E-state index in [0.717, 1.165) is 32.1 Å². The highest BCUT2D eigenvalue weighted by Gasteiger charge is 2.48. The molecule has 0 aromatic heterocycles.